The monoisotopic (exact) mass is 632 g/mol. The van der Waals surface area contributed by atoms with Crippen LogP contribution in [0, 0.1) is 11.6 Å². The highest BCUT2D eigenvalue weighted by Gasteiger charge is 2.41. The number of hydrogen-bond donors (Lipinski definition) is 3. The molecule has 2 unspecified atom stereocenters. The smallest absolute Gasteiger partial charge is 0.255 e. The summed E-state index contributed by atoms with van der Waals surface area (Å²) < 4.78 is 42.1. The minimum atomic E-state index is -1.73. The number of thioether (sulfide) groups is 1. The average molecular weight is 633 g/mol. The number of phenolic OH excluding ortho intramolecular Hbond substituents is 1. The van der Waals surface area contributed by atoms with Gasteiger partial charge in [-0.2, -0.15) is 5.10 Å². The second kappa shape index (κ2) is 12.9. The Morgan fingerprint density at radius 3 is 2.49 bits per heavy atom. The van der Waals surface area contributed by atoms with E-state index < -0.39 is 28.8 Å². The van der Waals surface area contributed by atoms with E-state index in [1.54, 1.807) is 31.2 Å². The largest absolute Gasteiger partial charge is 0.508 e. The van der Waals surface area contributed by atoms with Gasteiger partial charge in [0.1, 0.15) is 35.6 Å². The second-order valence-corrected chi connectivity index (χ2v) is 12.5. The van der Waals surface area contributed by atoms with Crippen LogP contribution in [0.2, 0.25) is 0 Å². The van der Waals surface area contributed by atoms with Crippen molar-refractivity contribution < 1.29 is 33.3 Å². The van der Waals surface area contributed by atoms with Gasteiger partial charge >= 0.3 is 0 Å². The van der Waals surface area contributed by atoms with Crippen LogP contribution in [0.3, 0.4) is 0 Å². The molecule has 0 radical (unpaired) electrons. The van der Waals surface area contributed by atoms with E-state index in [2.05, 4.69) is 15.4 Å². The molecule has 6 rings (SSSR count). The topological polar surface area (TPSA) is 119 Å². The number of aliphatic hydroxyl groups is 1. The molecule has 4 aromatic carbocycles. The molecular weight excluding hydrogens is 602 g/mol. The first-order valence-corrected chi connectivity index (χ1v) is 15.2. The van der Waals surface area contributed by atoms with Crippen molar-refractivity contribution in [3.8, 4) is 5.75 Å². The van der Waals surface area contributed by atoms with Crippen LogP contribution in [0.15, 0.2) is 91.5 Å². The zero-order valence-electron chi connectivity index (χ0n) is 24.1. The third-order valence-electron chi connectivity index (χ3n) is 7.73. The third-order valence-corrected chi connectivity index (χ3v) is 9.18. The standard InChI is InChI=1S/C33H30F2N4O5S/c1-20(33(42,17-39-19-36-18-37-39)29-11-6-25(34)14-30(29)35)45-28-15-43-32(44-16-28)24-5-3-21-12-23(4-2-22(21)13-24)31(41)38-26-7-9-27(40)10-8-26/h2-14,18-20,28,32,40,42H,15-17H2,1H3,(H,38,41). The van der Waals surface area contributed by atoms with E-state index in [9.17, 15) is 23.8 Å². The second-order valence-electron chi connectivity index (χ2n) is 10.9. The summed E-state index contributed by atoms with van der Waals surface area (Å²) in [5.74, 6) is -1.72. The molecule has 2 heterocycles. The molecule has 1 aliphatic rings. The van der Waals surface area contributed by atoms with E-state index in [0.29, 0.717) is 24.5 Å². The van der Waals surface area contributed by atoms with Gasteiger partial charge in [-0.25, -0.2) is 18.4 Å². The Balaban J connectivity index is 1.10. The van der Waals surface area contributed by atoms with Crippen molar-refractivity contribution in [3.05, 3.63) is 120 Å². The number of ether oxygens (including phenoxy) is 2. The van der Waals surface area contributed by atoms with Crippen LogP contribution < -0.4 is 5.32 Å². The van der Waals surface area contributed by atoms with Crippen molar-refractivity contribution in [1.29, 1.82) is 0 Å². The number of hydrogen-bond acceptors (Lipinski definition) is 8. The number of phenols is 1. The van der Waals surface area contributed by atoms with Crippen LogP contribution in [0.4, 0.5) is 14.5 Å². The van der Waals surface area contributed by atoms with Crippen LogP contribution >= 0.6 is 11.8 Å². The number of nitrogens with zero attached hydrogens (tertiary/aromatic N) is 3. The third kappa shape index (κ3) is 6.84. The Bertz CT molecular complexity index is 1800. The van der Waals surface area contributed by atoms with E-state index in [1.807, 2.05) is 24.3 Å². The molecule has 1 amide bonds. The van der Waals surface area contributed by atoms with Gasteiger partial charge in [0, 0.05) is 33.7 Å². The molecule has 0 saturated carbocycles. The number of fused-ring (bicyclic) bond motifs is 1. The van der Waals surface area contributed by atoms with Gasteiger partial charge in [-0.1, -0.05) is 31.2 Å². The normalized spacial score (nSPS) is 18.8. The SMILES string of the molecule is CC(SC1COC(c2ccc3cc(C(=O)Nc4ccc(O)cc4)ccc3c2)OC1)C(O)(Cn1cncn1)c1ccc(F)cc1F. The number of carbonyl (C=O) groups is 1. The lowest BCUT2D eigenvalue weighted by atomic mass is 9.90. The number of amides is 1. The van der Waals surface area contributed by atoms with Gasteiger partial charge in [0.2, 0.25) is 0 Å². The van der Waals surface area contributed by atoms with E-state index in [1.165, 1.54) is 47.3 Å². The number of aromatic hydroxyl groups is 1. The van der Waals surface area contributed by atoms with Crippen LogP contribution in [-0.4, -0.2) is 54.6 Å². The summed E-state index contributed by atoms with van der Waals surface area (Å²) in [7, 11) is 0. The maximum atomic E-state index is 14.9. The molecular formula is C33H30F2N4O5S. The minimum Gasteiger partial charge on any atom is -0.508 e. The molecule has 12 heteroatoms. The predicted molar refractivity (Wildman–Crippen MR) is 166 cm³/mol. The van der Waals surface area contributed by atoms with Gasteiger partial charge in [0.15, 0.2) is 6.29 Å². The fourth-order valence-electron chi connectivity index (χ4n) is 5.29. The van der Waals surface area contributed by atoms with Gasteiger partial charge < -0.3 is 25.0 Å². The van der Waals surface area contributed by atoms with Crippen LogP contribution in [0.25, 0.3) is 10.8 Å². The minimum absolute atomic E-state index is 0.0351. The first kappa shape index (κ1) is 30.7. The van der Waals surface area contributed by atoms with E-state index in [-0.39, 0.29) is 29.0 Å². The van der Waals surface area contributed by atoms with Crippen molar-refractivity contribution in [2.75, 3.05) is 18.5 Å². The summed E-state index contributed by atoms with van der Waals surface area (Å²) in [6.45, 7) is 2.33. The summed E-state index contributed by atoms with van der Waals surface area (Å²) in [6, 6.07) is 20.5. The summed E-state index contributed by atoms with van der Waals surface area (Å²) in [4.78, 5) is 16.7. The van der Waals surface area contributed by atoms with Crippen molar-refractivity contribution >= 4 is 34.1 Å². The number of rotatable bonds is 9. The number of benzene rings is 4. The number of aromatic nitrogens is 3. The maximum absolute atomic E-state index is 14.9. The molecule has 3 N–H and O–H groups in total. The Morgan fingerprint density at radius 2 is 1.78 bits per heavy atom. The van der Waals surface area contributed by atoms with Crippen molar-refractivity contribution in [2.24, 2.45) is 0 Å². The number of halogens is 2. The molecule has 0 spiro atoms. The quantitative estimate of drug-likeness (QED) is 0.175. The van der Waals surface area contributed by atoms with E-state index in [0.717, 1.165) is 28.5 Å². The number of anilines is 1. The van der Waals surface area contributed by atoms with Gasteiger partial charge in [-0.15, -0.1) is 11.8 Å². The number of nitrogens with one attached hydrogen (secondary N) is 1. The Kier molecular flexibility index (Phi) is 8.81. The van der Waals surface area contributed by atoms with Gasteiger partial charge in [0.25, 0.3) is 5.91 Å². The average Bonchev–Trinajstić information content (AvgIpc) is 3.54. The van der Waals surface area contributed by atoms with Gasteiger partial charge in [-0.05, 0) is 59.3 Å². The molecule has 1 aromatic heterocycles. The summed E-state index contributed by atoms with van der Waals surface area (Å²) in [5, 5.41) is 29.2. The molecule has 1 fully saturated rings. The van der Waals surface area contributed by atoms with E-state index in [4.69, 9.17) is 9.47 Å². The lowest BCUT2D eigenvalue weighted by Gasteiger charge is -2.37. The van der Waals surface area contributed by atoms with Crippen molar-refractivity contribution in [3.63, 3.8) is 0 Å². The maximum Gasteiger partial charge on any atom is 0.255 e. The zero-order chi connectivity index (χ0) is 31.6. The van der Waals surface area contributed by atoms with Gasteiger partial charge in [-0.3, -0.25) is 4.79 Å². The highest BCUT2D eigenvalue weighted by Crippen LogP contribution is 2.40. The molecule has 0 aliphatic carbocycles. The molecule has 0 bridgehead atoms. The highest BCUT2D eigenvalue weighted by atomic mass is 32.2. The Labute approximate surface area is 261 Å². The van der Waals surface area contributed by atoms with Crippen molar-refractivity contribution in [1.82, 2.24) is 14.8 Å². The lowest BCUT2D eigenvalue weighted by Crippen LogP contribution is -2.43. The summed E-state index contributed by atoms with van der Waals surface area (Å²) in [6.07, 6.45) is 2.14. The molecule has 45 heavy (non-hydrogen) atoms. The number of carbonyl (C=O) groups excluding carboxylic acids is 1. The van der Waals surface area contributed by atoms with Crippen LogP contribution in [0.1, 0.15) is 34.7 Å². The van der Waals surface area contributed by atoms with Crippen molar-refractivity contribution in [2.45, 2.75) is 35.9 Å². The zero-order valence-corrected chi connectivity index (χ0v) is 25.0. The molecule has 1 aliphatic heterocycles. The lowest BCUT2D eigenvalue weighted by molar-refractivity contribution is -0.179. The van der Waals surface area contributed by atoms with Crippen LogP contribution in [0.5, 0.6) is 5.75 Å². The molecule has 232 valence electrons. The molecule has 5 aromatic rings. The first-order valence-electron chi connectivity index (χ1n) is 14.2. The summed E-state index contributed by atoms with van der Waals surface area (Å²) in [5.41, 5.74) is 0.119. The predicted octanol–water partition coefficient (Wildman–Crippen LogP) is 5.79. The first-order chi connectivity index (χ1) is 21.7. The summed E-state index contributed by atoms with van der Waals surface area (Å²) >= 11 is 1.39. The molecule has 1 saturated heterocycles. The van der Waals surface area contributed by atoms with Gasteiger partial charge in [0.05, 0.1) is 25.0 Å². The Morgan fingerprint density at radius 1 is 1.04 bits per heavy atom. The fourth-order valence-corrected chi connectivity index (χ4v) is 6.61. The van der Waals surface area contributed by atoms with E-state index >= 15 is 0 Å². The molecule has 2 atom stereocenters. The fraction of sp³-hybridized carbons (Fsp3) is 0.242. The highest BCUT2D eigenvalue weighted by molar-refractivity contribution is 8.00. The molecule has 9 nitrogen and oxygen atoms in total. The van der Waals surface area contributed by atoms with Crippen LogP contribution in [-0.2, 0) is 21.6 Å². The Hall–Kier alpha value is -4.36.